The van der Waals surface area contributed by atoms with Gasteiger partial charge in [0.05, 0.1) is 28.2 Å². The van der Waals surface area contributed by atoms with Crippen LogP contribution in [-0.4, -0.2) is 9.55 Å². The van der Waals surface area contributed by atoms with Crippen molar-refractivity contribution in [3.63, 3.8) is 0 Å². The van der Waals surface area contributed by atoms with Gasteiger partial charge in [0.1, 0.15) is 5.82 Å². The van der Waals surface area contributed by atoms with Crippen LogP contribution in [0, 0.1) is 11.3 Å². The molecule has 3 nitrogen and oxygen atoms in total. The molecule has 2 aromatic rings. The number of aryl methyl sites for hydroxylation is 1. The smallest absolute Gasteiger partial charge is 0.140 e. The molecule has 86 valence electrons. The van der Waals surface area contributed by atoms with E-state index in [1.807, 2.05) is 23.9 Å². The van der Waals surface area contributed by atoms with E-state index in [0.29, 0.717) is 16.5 Å². The lowest BCUT2D eigenvalue weighted by molar-refractivity contribution is 0.923. The molecule has 1 aromatic heterocycles. The molecule has 0 spiro atoms. The summed E-state index contributed by atoms with van der Waals surface area (Å²) in [7, 11) is 1.88. The molecule has 0 aliphatic carbocycles. The lowest BCUT2D eigenvalue weighted by atomic mass is 10.2. The molecule has 0 fully saturated rings. The first-order valence-electron chi connectivity index (χ1n) is 4.96. The van der Waals surface area contributed by atoms with Crippen LogP contribution in [0.1, 0.15) is 5.69 Å². The van der Waals surface area contributed by atoms with E-state index < -0.39 is 0 Å². The summed E-state index contributed by atoms with van der Waals surface area (Å²) in [5, 5.41) is 9.64. The van der Waals surface area contributed by atoms with Gasteiger partial charge in [0.15, 0.2) is 0 Å². The van der Waals surface area contributed by atoms with Crippen molar-refractivity contribution in [1.29, 1.82) is 5.26 Å². The summed E-state index contributed by atoms with van der Waals surface area (Å²) in [5.41, 5.74) is 1.63. The first-order chi connectivity index (χ1) is 8.11. The Balaban J connectivity index is 2.46. The van der Waals surface area contributed by atoms with Gasteiger partial charge in [-0.1, -0.05) is 23.2 Å². The van der Waals surface area contributed by atoms with Crippen LogP contribution in [0.25, 0.3) is 11.4 Å². The minimum Gasteiger partial charge on any atom is -0.334 e. The van der Waals surface area contributed by atoms with Gasteiger partial charge in [-0.15, -0.1) is 0 Å². The van der Waals surface area contributed by atoms with Gasteiger partial charge in [-0.25, -0.2) is 4.98 Å². The highest BCUT2D eigenvalue weighted by atomic mass is 35.5. The molecular weight excluding hydrogens is 257 g/mol. The molecule has 1 aromatic carbocycles. The molecule has 2 rings (SSSR count). The maximum absolute atomic E-state index is 8.63. The Bertz CT molecular complexity index is 596. The van der Waals surface area contributed by atoms with Gasteiger partial charge in [0.25, 0.3) is 0 Å². The van der Waals surface area contributed by atoms with Crippen LogP contribution in [0.5, 0.6) is 0 Å². The zero-order valence-corrected chi connectivity index (χ0v) is 10.6. The number of rotatable bonds is 2. The summed E-state index contributed by atoms with van der Waals surface area (Å²) >= 11 is 11.8. The summed E-state index contributed by atoms with van der Waals surface area (Å²) < 4.78 is 1.87. The van der Waals surface area contributed by atoms with E-state index in [2.05, 4.69) is 11.1 Å². The number of hydrogen-bond donors (Lipinski definition) is 0. The average molecular weight is 266 g/mol. The first-order valence-corrected chi connectivity index (χ1v) is 5.72. The number of aromatic nitrogens is 2. The molecule has 5 heteroatoms. The summed E-state index contributed by atoms with van der Waals surface area (Å²) in [6.45, 7) is 0. The van der Waals surface area contributed by atoms with Crippen LogP contribution in [0.2, 0.25) is 10.0 Å². The fraction of sp³-hybridized carbons (Fsp3) is 0.167. The number of hydrogen-bond acceptors (Lipinski definition) is 2. The number of benzene rings is 1. The minimum atomic E-state index is 0.301. The molecule has 1 heterocycles. The molecule has 0 bridgehead atoms. The van der Waals surface area contributed by atoms with Gasteiger partial charge in [-0.2, -0.15) is 5.26 Å². The van der Waals surface area contributed by atoms with Crippen LogP contribution < -0.4 is 0 Å². The van der Waals surface area contributed by atoms with E-state index >= 15 is 0 Å². The third kappa shape index (κ3) is 2.44. The molecule has 17 heavy (non-hydrogen) atoms. The van der Waals surface area contributed by atoms with E-state index in [1.165, 1.54) is 0 Å². The standard InChI is InChI=1S/C12H9Cl2N3/c1-17-7-9(4-5-15)16-12(17)8-2-3-10(13)11(14)6-8/h2-3,6-7H,4H2,1H3. The second kappa shape index (κ2) is 4.79. The SMILES string of the molecule is Cn1cc(CC#N)nc1-c1ccc(Cl)c(Cl)c1. The van der Waals surface area contributed by atoms with Crippen molar-refractivity contribution < 1.29 is 0 Å². The van der Waals surface area contributed by atoms with Crippen molar-refractivity contribution in [2.24, 2.45) is 7.05 Å². The van der Waals surface area contributed by atoms with Crippen molar-refractivity contribution in [3.05, 3.63) is 40.1 Å². The molecule has 0 aliphatic heterocycles. The number of imidazole rings is 1. The van der Waals surface area contributed by atoms with Crippen LogP contribution in [-0.2, 0) is 13.5 Å². The third-order valence-electron chi connectivity index (χ3n) is 2.36. The van der Waals surface area contributed by atoms with E-state index in [1.54, 1.807) is 12.1 Å². The Morgan fingerprint density at radius 3 is 2.76 bits per heavy atom. The van der Waals surface area contributed by atoms with E-state index in [0.717, 1.165) is 17.1 Å². The molecule has 0 radical (unpaired) electrons. The number of nitrogens with zero attached hydrogens (tertiary/aromatic N) is 3. The monoisotopic (exact) mass is 265 g/mol. The Morgan fingerprint density at radius 2 is 2.12 bits per heavy atom. The van der Waals surface area contributed by atoms with Gasteiger partial charge in [-0.05, 0) is 18.2 Å². The molecule has 0 N–H and O–H groups in total. The summed E-state index contributed by atoms with van der Waals surface area (Å²) in [5.74, 6) is 0.772. The van der Waals surface area contributed by atoms with Gasteiger partial charge < -0.3 is 4.57 Å². The van der Waals surface area contributed by atoms with E-state index in [-0.39, 0.29) is 0 Å². The maximum Gasteiger partial charge on any atom is 0.140 e. The number of halogens is 2. The van der Waals surface area contributed by atoms with Crippen LogP contribution in [0.3, 0.4) is 0 Å². The zero-order valence-electron chi connectivity index (χ0n) is 9.11. The zero-order chi connectivity index (χ0) is 12.4. The lowest BCUT2D eigenvalue weighted by Gasteiger charge is -2.02. The largest absolute Gasteiger partial charge is 0.334 e. The highest BCUT2D eigenvalue weighted by molar-refractivity contribution is 6.42. The maximum atomic E-state index is 8.63. The fourth-order valence-corrected chi connectivity index (χ4v) is 1.90. The highest BCUT2D eigenvalue weighted by Crippen LogP contribution is 2.27. The number of nitriles is 1. The third-order valence-corrected chi connectivity index (χ3v) is 3.10. The van der Waals surface area contributed by atoms with Crippen molar-refractivity contribution >= 4 is 23.2 Å². The van der Waals surface area contributed by atoms with Crippen LogP contribution in [0.4, 0.5) is 0 Å². The highest BCUT2D eigenvalue weighted by Gasteiger charge is 2.09. The molecule has 0 unspecified atom stereocenters. The molecule has 0 aliphatic rings. The van der Waals surface area contributed by atoms with Gasteiger partial charge >= 0.3 is 0 Å². The Kier molecular flexibility index (Phi) is 3.37. The van der Waals surface area contributed by atoms with Crippen LogP contribution in [0.15, 0.2) is 24.4 Å². The van der Waals surface area contributed by atoms with Crippen molar-refractivity contribution in [3.8, 4) is 17.5 Å². The first kappa shape index (κ1) is 12.0. The summed E-state index contributed by atoms with van der Waals surface area (Å²) in [4.78, 5) is 4.38. The molecule has 0 saturated carbocycles. The van der Waals surface area contributed by atoms with Gasteiger partial charge in [0, 0.05) is 18.8 Å². The van der Waals surface area contributed by atoms with Crippen molar-refractivity contribution in [1.82, 2.24) is 9.55 Å². The predicted octanol–water partition coefficient (Wildman–Crippen LogP) is 3.46. The second-order valence-electron chi connectivity index (χ2n) is 3.63. The second-order valence-corrected chi connectivity index (χ2v) is 4.44. The Hall–Kier alpha value is -1.50. The van der Waals surface area contributed by atoms with Crippen molar-refractivity contribution in [2.75, 3.05) is 0 Å². The minimum absolute atomic E-state index is 0.301. The van der Waals surface area contributed by atoms with Gasteiger partial charge in [-0.3, -0.25) is 0 Å². The average Bonchev–Trinajstić information content (AvgIpc) is 2.64. The van der Waals surface area contributed by atoms with E-state index in [9.17, 15) is 0 Å². The van der Waals surface area contributed by atoms with Crippen molar-refractivity contribution in [2.45, 2.75) is 6.42 Å². The topological polar surface area (TPSA) is 41.6 Å². The quantitative estimate of drug-likeness (QED) is 0.835. The molecule has 0 saturated heterocycles. The van der Waals surface area contributed by atoms with E-state index in [4.69, 9.17) is 28.5 Å². The lowest BCUT2D eigenvalue weighted by Crippen LogP contribution is -1.90. The van der Waals surface area contributed by atoms with Gasteiger partial charge in [0.2, 0.25) is 0 Å². The molecule has 0 amide bonds. The normalized spacial score (nSPS) is 10.2. The fourth-order valence-electron chi connectivity index (χ4n) is 1.60. The predicted molar refractivity (Wildman–Crippen MR) is 68.0 cm³/mol. The van der Waals surface area contributed by atoms with Crippen LogP contribution >= 0.6 is 23.2 Å². The Labute approximate surface area is 109 Å². The summed E-state index contributed by atoms with van der Waals surface area (Å²) in [6.07, 6.45) is 2.14. The Morgan fingerprint density at radius 1 is 1.35 bits per heavy atom. The molecular formula is C12H9Cl2N3. The molecule has 0 atom stereocenters. The summed E-state index contributed by atoms with van der Waals surface area (Å²) in [6, 6.07) is 7.43.